The van der Waals surface area contributed by atoms with Crippen molar-refractivity contribution in [3.63, 3.8) is 0 Å². The third kappa shape index (κ3) is 4.86. The van der Waals surface area contributed by atoms with Crippen LogP contribution in [0.15, 0.2) is 18.2 Å². The highest BCUT2D eigenvalue weighted by molar-refractivity contribution is 7.80. The number of hydrogen-bond donors (Lipinski definition) is 2. The first-order valence-corrected chi connectivity index (χ1v) is 7.74. The fraction of sp³-hybridized carbons (Fsp3) is 0.467. The van der Waals surface area contributed by atoms with Crippen LogP contribution in [0.1, 0.15) is 39.2 Å². The number of hydrogen-bond acceptors (Lipinski definition) is 3. The maximum Gasteiger partial charge on any atom is 0.260 e. The molecule has 0 saturated heterocycles. The van der Waals surface area contributed by atoms with Crippen LogP contribution in [0.2, 0.25) is 5.02 Å². The lowest BCUT2D eigenvalue weighted by molar-refractivity contribution is -0.128. The first-order valence-electron chi connectivity index (χ1n) is 6.96. The quantitative estimate of drug-likeness (QED) is 0.755. The lowest BCUT2D eigenvalue weighted by Gasteiger charge is -2.20. The Bertz CT molecular complexity index is 518. The molecule has 0 spiro atoms. The number of halogens is 1. The molecule has 116 valence electrons. The minimum atomic E-state index is -0.655. The second kappa shape index (κ2) is 8.20. The Morgan fingerprint density at radius 3 is 2.57 bits per heavy atom. The molecule has 0 fully saturated rings. The Hall–Kier alpha value is -1.33. The number of rotatable bonds is 7. The highest BCUT2D eigenvalue weighted by atomic mass is 35.5. The summed E-state index contributed by atoms with van der Waals surface area (Å²) in [7, 11) is 0. The van der Waals surface area contributed by atoms with Crippen LogP contribution in [-0.4, -0.2) is 23.0 Å². The van der Waals surface area contributed by atoms with E-state index >= 15 is 0 Å². The molecule has 0 bridgehead atoms. The molecule has 4 nitrogen and oxygen atoms in total. The molecule has 0 saturated carbocycles. The summed E-state index contributed by atoms with van der Waals surface area (Å²) in [6.07, 6.45) is 1.10. The molecule has 0 heterocycles. The summed E-state index contributed by atoms with van der Waals surface area (Å²) in [5, 5.41) is 3.35. The van der Waals surface area contributed by atoms with E-state index in [0.717, 1.165) is 12.8 Å². The molecule has 0 aliphatic rings. The summed E-state index contributed by atoms with van der Waals surface area (Å²) in [4.78, 5) is 12.3. The van der Waals surface area contributed by atoms with Crippen LogP contribution in [0.3, 0.4) is 0 Å². The van der Waals surface area contributed by atoms with Crippen molar-refractivity contribution in [2.24, 2.45) is 5.73 Å². The summed E-state index contributed by atoms with van der Waals surface area (Å²) in [5.74, 6) is 0.250. The second-order valence-electron chi connectivity index (χ2n) is 4.76. The molecule has 21 heavy (non-hydrogen) atoms. The lowest BCUT2D eigenvalue weighted by atomic mass is 10.1. The minimum Gasteiger partial charge on any atom is -0.480 e. The maximum atomic E-state index is 12.1. The monoisotopic (exact) mass is 328 g/mol. The summed E-state index contributed by atoms with van der Waals surface area (Å²) >= 11 is 11.0. The number of carbonyl (C=O) groups is 1. The van der Waals surface area contributed by atoms with Gasteiger partial charge in [0.1, 0.15) is 10.7 Å². The molecule has 0 radical (unpaired) electrons. The van der Waals surface area contributed by atoms with Crippen molar-refractivity contribution in [2.75, 3.05) is 0 Å². The first kappa shape index (κ1) is 17.7. The predicted molar refractivity (Wildman–Crippen MR) is 89.9 cm³/mol. The van der Waals surface area contributed by atoms with Gasteiger partial charge in [0.15, 0.2) is 6.10 Å². The van der Waals surface area contributed by atoms with Crippen LogP contribution in [0.25, 0.3) is 0 Å². The molecule has 1 rings (SSSR count). The molecule has 0 aliphatic carbocycles. The van der Waals surface area contributed by atoms with Crippen molar-refractivity contribution in [1.29, 1.82) is 0 Å². The van der Waals surface area contributed by atoms with Gasteiger partial charge in [0.25, 0.3) is 5.91 Å². The summed E-state index contributed by atoms with van der Waals surface area (Å²) in [5.41, 5.74) is 6.11. The van der Waals surface area contributed by atoms with Crippen molar-refractivity contribution in [3.8, 4) is 5.75 Å². The van der Waals surface area contributed by atoms with Crippen LogP contribution in [0, 0.1) is 0 Å². The van der Waals surface area contributed by atoms with Crippen molar-refractivity contribution < 1.29 is 9.53 Å². The zero-order valence-corrected chi connectivity index (χ0v) is 14.1. The summed E-state index contributed by atoms with van der Waals surface area (Å²) < 4.78 is 5.68. The molecular formula is C15H21ClN2O2S. The predicted octanol–water partition coefficient (Wildman–Crippen LogP) is 3.05. The van der Waals surface area contributed by atoms with Crippen molar-refractivity contribution in [2.45, 2.75) is 45.8 Å². The molecule has 1 aromatic rings. The Morgan fingerprint density at radius 1 is 1.43 bits per heavy atom. The Kier molecular flexibility index (Phi) is 6.92. The number of nitrogens with two attached hydrogens (primary N) is 1. The summed E-state index contributed by atoms with van der Waals surface area (Å²) in [6, 6.07) is 5.25. The van der Waals surface area contributed by atoms with Gasteiger partial charge in [-0.1, -0.05) is 43.7 Å². The lowest BCUT2D eigenvalue weighted by Crippen LogP contribution is -2.42. The van der Waals surface area contributed by atoms with Gasteiger partial charge >= 0.3 is 0 Å². The van der Waals surface area contributed by atoms with E-state index in [0.29, 0.717) is 16.3 Å². The molecule has 1 atom stereocenters. The van der Waals surface area contributed by atoms with E-state index in [1.54, 1.807) is 25.1 Å². The zero-order chi connectivity index (χ0) is 16.0. The van der Waals surface area contributed by atoms with Crippen molar-refractivity contribution in [1.82, 2.24) is 5.32 Å². The van der Waals surface area contributed by atoms with Gasteiger partial charge in [-0.25, -0.2) is 0 Å². The number of benzene rings is 1. The van der Waals surface area contributed by atoms with E-state index in [9.17, 15) is 4.79 Å². The third-order valence-electron chi connectivity index (χ3n) is 3.23. The van der Waals surface area contributed by atoms with Crippen LogP contribution < -0.4 is 15.8 Å². The van der Waals surface area contributed by atoms with E-state index in [1.807, 2.05) is 13.8 Å². The van der Waals surface area contributed by atoms with E-state index in [-0.39, 0.29) is 16.9 Å². The normalized spacial score (nSPS) is 12.0. The van der Waals surface area contributed by atoms with Crippen LogP contribution >= 0.6 is 23.8 Å². The molecule has 6 heteroatoms. The molecular weight excluding hydrogens is 308 g/mol. The fourth-order valence-electron chi connectivity index (χ4n) is 1.90. The largest absolute Gasteiger partial charge is 0.480 e. The smallest absolute Gasteiger partial charge is 0.260 e. The Morgan fingerprint density at radius 2 is 2.05 bits per heavy atom. The van der Waals surface area contributed by atoms with Gasteiger partial charge in [-0.05, 0) is 31.9 Å². The van der Waals surface area contributed by atoms with Crippen LogP contribution in [0.4, 0.5) is 0 Å². The van der Waals surface area contributed by atoms with Gasteiger partial charge in [0.2, 0.25) is 0 Å². The molecule has 0 aromatic heterocycles. The van der Waals surface area contributed by atoms with E-state index < -0.39 is 6.10 Å². The van der Waals surface area contributed by atoms with Gasteiger partial charge in [-0.2, -0.15) is 0 Å². The third-order valence-corrected chi connectivity index (χ3v) is 3.75. The van der Waals surface area contributed by atoms with Crippen molar-refractivity contribution >= 4 is 34.7 Å². The van der Waals surface area contributed by atoms with E-state index in [4.69, 9.17) is 34.3 Å². The van der Waals surface area contributed by atoms with E-state index in [1.165, 1.54) is 0 Å². The number of amides is 1. The average Bonchev–Trinajstić information content (AvgIpc) is 2.43. The average molecular weight is 329 g/mol. The van der Waals surface area contributed by atoms with Gasteiger partial charge in [-0.3, -0.25) is 4.79 Å². The fourth-order valence-corrected chi connectivity index (χ4v) is 2.43. The number of nitrogens with one attached hydrogen (secondary N) is 1. The Labute approximate surface area is 136 Å². The van der Waals surface area contributed by atoms with Crippen LogP contribution in [-0.2, 0) is 4.79 Å². The molecule has 3 N–H and O–H groups in total. The number of thiocarbonyl (C=S) groups is 1. The second-order valence-corrected chi connectivity index (χ2v) is 5.61. The van der Waals surface area contributed by atoms with Gasteiger partial charge in [0.05, 0.1) is 10.6 Å². The minimum absolute atomic E-state index is 0.142. The Balaban J connectivity index is 2.84. The number of carbonyl (C=O) groups excluding carboxylic acids is 1. The van der Waals surface area contributed by atoms with Gasteiger partial charge in [-0.15, -0.1) is 0 Å². The van der Waals surface area contributed by atoms with Crippen LogP contribution in [0.5, 0.6) is 5.75 Å². The summed E-state index contributed by atoms with van der Waals surface area (Å²) in [6.45, 7) is 5.74. The molecule has 0 aliphatic heterocycles. The number of ether oxygens (including phenoxy) is 1. The maximum absolute atomic E-state index is 12.1. The first-order chi connectivity index (χ1) is 9.90. The molecule has 1 aromatic carbocycles. The zero-order valence-electron chi connectivity index (χ0n) is 12.5. The van der Waals surface area contributed by atoms with E-state index in [2.05, 4.69) is 5.32 Å². The standard InChI is InChI=1S/C15H21ClN2O2S/c1-4-10(5-2)18-15(19)9(3)20-12-8-6-7-11(16)13(12)14(17)21/h6-10H,4-5H2,1-3H3,(H2,17,21)(H,18,19). The topological polar surface area (TPSA) is 64.3 Å². The van der Waals surface area contributed by atoms with Gasteiger partial charge in [0, 0.05) is 6.04 Å². The highest BCUT2D eigenvalue weighted by Gasteiger charge is 2.20. The highest BCUT2D eigenvalue weighted by Crippen LogP contribution is 2.27. The molecule has 1 unspecified atom stereocenters. The SMILES string of the molecule is CCC(CC)NC(=O)C(C)Oc1cccc(Cl)c1C(N)=S. The van der Waals surface area contributed by atoms with Crippen molar-refractivity contribution in [3.05, 3.63) is 28.8 Å². The molecule has 1 amide bonds. The van der Waals surface area contributed by atoms with Gasteiger partial charge < -0.3 is 15.8 Å².